The zero-order chi connectivity index (χ0) is 17.4. The standard InChI is InChI=1S/C19H22O3S2/c1-4-13-19(14-20,23-17-9-5-15(21-2)6-10-17)24-18-11-7-16(22-3)8-12-18/h5-12,14H,4,13H2,1-3H3. The Morgan fingerprint density at radius 2 is 1.29 bits per heavy atom. The van der Waals surface area contributed by atoms with Crippen LogP contribution in [0.2, 0.25) is 0 Å². The molecule has 0 atom stereocenters. The minimum atomic E-state index is -0.544. The monoisotopic (exact) mass is 362 g/mol. The number of carbonyl (C=O) groups is 1. The summed E-state index contributed by atoms with van der Waals surface area (Å²) in [5, 5.41) is 0. The number of aldehydes is 1. The van der Waals surface area contributed by atoms with Crippen molar-refractivity contribution in [3.8, 4) is 11.5 Å². The van der Waals surface area contributed by atoms with Gasteiger partial charge in [-0.25, -0.2) is 0 Å². The number of ether oxygens (including phenoxy) is 2. The van der Waals surface area contributed by atoms with Crippen LogP contribution in [-0.4, -0.2) is 24.6 Å². The van der Waals surface area contributed by atoms with Gasteiger partial charge < -0.3 is 14.3 Å². The second-order valence-corrected chi connectivity index (χ2v) is 8.30. The van der Waals surface area contributed by atoms with Crippen LogP contribution in [0, 0.1) is 0 Å². The maximum absolute atomic E-state index is 12.0. The molecule has 24 heavy (non-hydrogen) atoms. The summed E-state index contributed by atoms with van der Waals surface area (Å²) in [6.07, 6.45) is 2.80. The van der Waals surface area contributed by atoms with Gasteiger partial charge in [-0.1, -0.05) is 13.3 Å². The van der Waals surface area contributed by atoms with E-state index >= 15 is 0 Å². The largest absolute Gasteiger partial charge is 0.497 e. The predicted molar refractivity (Wildman–Crippen MR) is 101 cm³/mol. The fraction of sp³-hybridized carbons (Fsp3) is 0.316. The molecule has 2 aromatic carbocycles. The average molecular weight is 363 g/mol. The smallest absolute Gasteiger partial charge is 0.146 e. The normalized spacial score (nSPS) is 11.1. The van der Waals surface area contributed by atoms with Crippen molar-refractivity contribution in [1.82, 2.24) is 0 Å². The summed E-state index contributed by atoms with van der Waals surface area (Å²) >= 11 is 3.19. The first kappa shape index (κ1) is 18.7. The Morgan fingerprint density at radius 1 is 0.875 bits per heavy atom. The van der Waals surface area contributed by atoms with Crippen LogP contribution in [0.5, 0.6) is 11.5 Å². The molecule has 0 unspecified atom stereocenters. The van der Waals surface area contributed by atoms with Gasteiger partial charge in [0, 0.05) is 9.79 Å². The van der Waals surface area contributed by atoms with Gasteiger partial charge in [-0.15, -0.1) is 23.5 Å². The van der Waals surface area contributed by atoms with Crippen LogP contribution < -0.4 is 9.47 Å². The highest BCUT2D eigenvalue weighted by Crippen LogP contribution is 2.47. The molecule has 0 aromatic heterocycles. The van der Waals surface area contributed by atoms with Gasteiger partial charge in [0.05, 0.1) is 14.2 Å². The van der Waals surface area contributed by atoms with Crippen molar-refractivity contribution in [2.45, 2.75) is 33.6 Å². The Kier molecular flexibility index (Phi) is 7.06. The Labute approximate surface area is 152 Å². The minimum absolute atomic E-state index is 0.544. The Morgan fingerprint density at radius 3 is 1.58 bits per heavy atom. The molecule has 0 N–H and O–H groups in total. The third kappa shape index (κ3) is 4.95. The van der Waals surface area contributed by atoms with Crippen LogP contribution in [0.25, 0.3) is 0 Å². The van der Waals surface area contributed by atoms with Crippen molar-refractivity contribution in [2.75, 3.05) is 14.2 Å². The van der Waals surface area contributed by atoms with Gasteiger partial charge in [0.1, 0.15) is 21.9 Å². The SMILES string of the molecule is CCCC(C=O)(Sc1ccc(OC)cc1)Sc1ccc(OC)cc1. The lowest BCUT2D eigenvalue weighted by atomic mass is 10.2. The number of hydrogen-bond donors (Lipinski definition) is 0. The van der Waals surface area contributed by atoms with Crippen LogP contribution in [0.3, 0.4) is 0 Å². The van der Waals surface area contributed by atoms with Crippen molar-refractivity contribution in [1.29, 1.82) is 0 Å². The van der Waals surface area contributed by atoms with E-state index in [-0.39, 0.29) is 0 Å². The van der Waals surface area contributed by atoms with E-state index in [4.69, 9.17) is 9.47 Å². The van der Waals surface area contributed by atoms with E-state index in [9.17, 15) is 4.79 Å². The fourth-order valence-electron chi connectivity index (χ4n) is 2.26. The molecule has 2 aromatic rings. The van der Waals surface area contributed by atoms with Gasteiger partial charge in [0.15, 0.2) is 0 Å². The lowest BCUT2D eigenvalue weighted by molar-refractivity contribution is -0.108. The van der Waals surface area contributed by atoms with Crippen molar-refractivity contribution in [3.63, 3.8) is 0 Å². The summed E-state index contributed by atoms with van der Waals surface area (Å²) < 4.78 is 9.85. The van der Waals surface area contributed by atoms with E-state index < -0.39 is 4.08 Å². The predicted octanol–water partition coefficient (Wildman–Crippen LogP) is 5.28. The molecule has 5 heteroatoms. The highest BCUT2D eigenvalue weighted by molar-refractivity contribution is 8.19. The van der Waals surface area contributed by atoms with Gasteiger partial charge in [-0.2, -0.15) is 0 Å². The summed E-state index contributed by atoms with van der Waals surface area (Å²) in [4.78, 5) is 14.1. The summed E-state index contributed by atoms with van der Waals surface area (Å²) in [6, 6.07) is 15.6. The van der Waals surface area contributed by atoms with E-state index in [1.165, 1.54) is 0 Å². The summed E-state index contributed by atoms with van der Waals surface area (Å²) in [5.74, 6) is 1.63. The van der Waals surface area contributed by atoms with Crippen LogP contribution in [-0.2, 0) is 4.79 Å². The summed E-state index contributed by atoms with van der Waals surface area (Å²) in [5.41, 5.74) is 0. The van der Waals surface area contributed by atoms with E-state index in [1.807, 2.05) is 48.5 Å². The molecule has 2 rings (SSSR count). The van der Waals surface area contributed by atoms with Crippen molar-refractivity contribution >= 4 is 29.8 Å². The zero-order valence-corrected chi connectivity index (χ0v) is 15.8. The molecular formula is C19H22O3S2. The number of rotatable bonds is 9. The highest BCUT2D eigenvalue weighted by Gasteiger charge is 2.31. The molecular weight excluding hydrogens is 340 g/mol. The number of hydrogen-bond acceptors (Lipinski definition) is 5. The van der Waals surface area contributed by atoms with Crippen LogP contribution >= 0.6 is 23.5 Å². The third-order valence-electron chi connectivity index (χ3n) is 3.48. The highest BCUT2D eigenvalue weighted by atomic mass is 32.2. The Balaban J connectivity index is 2.21. The molecule has 0 aliphatic rings. The van der Waals surface area contributed by atoms with Gasteiger partial charge in [-0.05, 0) is 55.0 Å². The molecule has 0 aliphatic heterocycles. The molecule has 0 heterocycles. The molecule has 0 aliphatic carbocycles. The average Bonchev–Trinajstić information content (AvgIpc) is 2.63. The molecule has 0 radical (unpaired) electrons. The van der Waals surface area contributed by atoms with Crippen LogP contribution in [0.1, 0.15) is 19.8 Å². The van der Waals surface area contributed by atoms with Gasteiger partial charge in [0.2, 0.25) is 0 Å². The van der Waals surface area contributed by atoms with E-state index in [0.717, 1.165) is 40.4 Å². The topological polar surface area (TPSA) is 35.5 Å². The molecule has 128 valence electrons. The minimum Gasteiger partial charge on any atom is -0.497 e. The first-order chi connectivity index (χ1) is 11.6. The van der Waals surface area contributed by atoms with E-state index in [1.54, 1.807) is 37.7 Å². The van der Waals surface area contributed by atoms with Crippen molar-refractivity contribution in [2.24, 2.45) is 0 Å². The first-order valence-corrected chi connectivity index (χ1v) is 9.40. The molecule has 0 bridgehead atoms. The van der Waals surface area contributed by atoms with Gasteiger partial charge >= 0.3 is 0 Å². The van der Waals surface area contributed by atoms with Crippen LogP contribution in [0.15, 0.2) is 58.3 Å². The Hall–Kier alpha value is -1.59. The number of methoxy groups -OCH3 is 2. The first-order valence-electron chi connectivity index (χ1n) is 7.77. The van der Waals surface area contributed by atoms with Crippen molar-refractivity contribution in [3.05, 3.63) is 48.5 Å². The number of carbonyl (C=O) groups excluding carboxylic acids is 1. The lowest BCUT2D eigenvalue weighted by Crippen LogP contribution is -2.21. The summed E-state index contributed by atoms with van der Waals surface area (Å²) in [6.45, 7) is 2.10. The zero-order valence-electron chi connectivity index (χ0n) is 14.2. The maximum Gasteiger partial charge on any atom is 0.146 e. The second kappa shape index (κ2) is 9.04. The number of thioether (sulfide) groups is 2. The van der Waals surface area contributed by atoms with Gasteiger partial charge in [0.25, 0.3) is 0 Å². The summed E-state index contributed by atoms with van der Waals surface area (Å²) in [7, 11) is 3.29. The van der Waals surface area contributed by atoms with E-state index in [0.29, 0.717) is 0 Å². The number of benzene rings is 2. The lowest BCUT2D eigenvalue weighted by Gasteiger charge is -2.26. The Bertz CT molecular complexity index is 589. The van der Waals surface area contributed by atoms with Crippen molar-refractivity contribution < 1.29 is 14.3 Å². The van der Waals surface area contributed by atoms with Crippen LogP contribution in [0.4, 0.5) is 0 Å². The molecule has 3 nitrogen and oxygen atoms in total. The molecule has 0 saturated carbocycles. The third-order valence-corrected chi connectivity index (χ3v) is 6.29. The molecule has 0 fully saturated rings. The fourth-order valence-corrected chi connectivity index (χ4v) is 5.06. The molecule has 0 amide bonds. The van der Waals surface area contributed by atoms with Gasteiger partial charge in [-0.3, -0.25) is 0 Å². The molecule has 0 saturated heterocycles. The second-order valence-electron chi connectivity index (χ2n) is 5.23. The van der Waals surface area contributed by atoms with E-state index in [2.05, 4.69) is 6.92 Å². The molecule has 0 spiro atoms. The quantitative estimate of drug-likeness (QED) is 0.344. The maximum atomic E-state index is 12.0.